The molecular weight excluding hydrogens is 265 g/mol. The summed E-state index contributed by atoms with van der Waals surface area (Å²) in [6.45, 7) is 0. The van der Waals surface area contributed by atoms with Gasteiger partial charge in [0.2, 0.25) is 6.01 Å². The Labute approximate surface area is 83.0 Å². The van der Waals surface area contributed by atoms with Crippen molar-refractivity contribution in [2.75, 3.05) is 6.01 Å². The van der Waals surface area contributed by atoms with E-state index in [-0.39, 0.29) is 10.4 Å². The van der Waals surface area contributed by atoms with E-state index >= 15 is 0 Å². The molecule has 1 heterocycles. The molecule has 7 heteroatoms. The van der Waals surface area contributed by atoms with Crippen molar-refractivity contribution in [2.24, 2.45) is 0 Å². The molecule has 0 radical (unpaired) electrons. The van der Waals surface area contributed by atoms with Crippen molar-refractivity contribution in [3.8, 4) is 5.75 Å². The van der Waals surface area contributed by atoms with Crippen LogP contribution in [-0.4, -0.2) is 19.4 Å². The van der Waals surface area contributed by atoms with Crippen LogP contribution in [-0.2, 0) is 10.1 Å². The number of aromatic nitrogens is 1. The first-order valence-corrected chi connectivity index (χ1v) is 5.51. The van der Waals surface area contributed by atoms with E-state index in [2.05, 4.69) is 25.1 Å². The monoisotopic (exact) mass is 269 g/mol. The molecule has 1 aromatic rings. The van der Waals surface area contributed by atoms with Gasteiger partial charge in [-0.3, -0.25) is 0 Å². The van der Waals surface area contributed by atoms with Crippen molar-refractivity contribution >= 4 is 26.0 Å². The minimum Gasteiger partial charge on any atom is -0.378 e. The second-order valence-corrected chi connectivity index (χ2v) is 4.29. The van der Waals surface area contributed by atoms with Crippen LogP contribution in [0.4, 0.5) is 4.39 Å². The average Bonchev–Trinajstić information content (AvgIpc) is 2.09. The van der Waals surface area contributed by atoms with Gasteiger partial charge in [0, 0.05) is 6.20 Å². The lowest BCUT2D eigenvalue weighted by Gasteiger charge is -2.03. The third-order valence-electron chi connectivity index (χ3n) is 1.08. The van der Waals surface area contributed by atoms with Crippen LogP contribution in [0.5, 0.6) is 5.75 Å². The van der Waals surface area contributed by atoms with Crippen LogP contribution in [0.1, 0.15) is 0 Å². The zero-order chi connectivity index (χ0) is 9.90. The number of rotatable bonds is 3. The molecule has 1 aromatic heterocycles. The van der Waals surface area contributed by atoms with Gasteiger partial charge >= 0.3 is 10.1 Å². The first kappa shape index (κ1) is 10.4. The lowest BCUT2D eigenvalue weighted by Crippen LogP contribution is -2.11. The summed E-state index contributed by atoms with van der Waals surface area (Å²) in [6.07, 6.45) is 1.44. The minimum absolute atomic E-state index is 0.0276. The molecule has 72 valence electrons. The van der Waals surface area contributed by atoms with Crippen LogP contribution >= 0.6 is 15.9 Å². The number of pyridine rings is 1. The Balaban J connectivity index is 2.93. The molecule has 0 saturated heterocycles. The molecule has 0 spiro atoms. The Morgan fingerprint density at radius 3 is 2.85 bits per heavy atom. The van der Waals surface area contributed by atoms with Gasteiger partial charge in [0.1, 0.15) is 4.60 Å². The molecule has 0 fully saturated rings. The maximum atomic E-state index is 11.8. The van der Waals surface area contributed by atoms with Gasteiger partial charge < -0.3 is 4.18 Å². The Kier molecular flexibility index (Phi) is 3.21. The number of hydrogen-bond acceptors (Lipinski definition) is 4. The topological polar surface area (TPSA) is 56.3 Å². The van der Waals surface area contributed by atoms with Crippen LogP contribution < -0.4 is 4.18 Å². The molecule has 0 bridgehead atoms. The molecule has 0 atom stereocenters. The molecule has 13 heavy (non-hydrogen) atoms. The van der Waals surface area contributed by atoms with Crippen molar-refractivity contribution in [1.29, 1.82) is 0 Å². The average molecular weight is 270 g/mol. The quantitative estimate of drug-likeness (QED) is 0.616. The number of hydrogen-bond donors (Lipinski definition) is 0. The van der Waals surface area contributed by atoms with Crippen molar-refractivity contribution in [3.05, 3.63) is 22.9 Å². The Bertz CT molecular complexity index is 395. The van der Waals surface area contributed by atoms with Crippen LogP contribution in [0.15, 0.2) is 22.9 Å². The summed E-state index contributed by atoms with van der Waals surface area (Å²) in [5.41, 5.74) is 0. The van der Waals surface area contributed by atoms with E-state index in [1.54, 1.807) is 0 Å². The first-order valence-electron chi connectivity index (χ1n) is 3.14. The van der Waals surface area contributed by atoms with E-state index < -0.39 is 16.1 Å². The predicted octanol–water partition coefficient (Wildman–Crippen LogP) is 1.48. The normalized spacial score (nSPS) is 11.2. The molecule has 0 saturated carbocycles. The highest BCUT2D eigenvalue weighted by atomic mass is 79.9. The molecule has 0 amide bonds. The SMILES string of the molecule is O=S(=O)(CF)Oc1cccnc1Br. The van der Waals surface area contributed by atoms with E-state index in [9.17, 15) is 12.8 Å². The highest BCUT2D eigenvalue weighted by Gasteiger charge is 2.13. The van der Waals surface area contributed by atoms with Gasteiger partial charge in [0.15, 0.2) is 5.75 Å². The van der Waals surface area contributed by atoms with E-state index in [0.29, 0.717) is 0 Å². The van der Waals surface area contributed by atoms with Gasteiger partial charge in [0.05, 0.1) is 0 Å². The zero-order valence-corrected chi connectivity index (χ0v) is 8.68. The number of halogens is 2. The standard InChI is InChI=1S/C6H5BrFNO3S/c7-6-5(2-1-3-9-6)12-13(10,11)4-8/h1-3H,4H2. The molecule has 4 nitrogen and oxygen atoms in total. The van der Waals surface area contributed by atoms with Crippen molar-refractivity contribution in [3.63, 3.8) is 0 Å². The molecule has 0 aliphatic heterocycles. The maximum absolute atomic E-state index is 11.8. The van der Waals surface area contributed by atoms with E-state index in [1.165, 1.54) is 18.3 Å². The second kappa shape index (κ2) is 4.01. The second-order valence-electron chi connectivity index (χ2n) is 2.04. The number of alkyl halides is 1. The van der Waals surface area contributed by atoms with Crippen LogP contribution in [0.3, 0.4) is 0 Å². The van der Waals surface area contributed by atoms with Gasteiger partial charge in [-0.15, -0.1) is 0 Å². The molecule has 0 unspecified atom stereocenters. The summed E-state index contributed by atoms with van der Waals surface area (Å²) in [7, 11) is -4.13. The van der Waals surface area contributed by atoms with Gasteiger partial charge in [-0.1, -0.05) is 0 Å². The van der Waals surface area contributed by atoms with Crippen LogP contribution in [0, 0.1) is 0 Å². The Morgan fingerprint density at radius 1 is 1.62 bits per heavy atom. The maximum Gasteiger partial charge on any atom is 0.339 e. The summed E-state index contributed by atoms with van der Waals surface area (Å²) in [5.74, 6) is -0.0276. The first-order chi connectivity index (χ1) is 6.05. The third kappa shape index (κ3) is 2.92. The van der Waals surface area contributed by atoms with Crippen LogP contribution in [0.2, 0.25) is 0 Å². The predicted molar refractivity (Wildman–Crippen MR) is 47.5 cm³/mol. The van der Waals surface area contributed by atoms with Gasteiger partial charge in [-0.05, 0) is 28.1 Å². The minimum atomic E-state index is -4.13. The molecular formula is C6H5BrFNO3S. The summed E-state index contributed by atoms with van der Waals surface area (Å²) in [5, 5.41) is 0. The summed E-state index contributed by atoms with van der Waals surface area (Å²) in [4.78, 5) is 3.70. The third-order valence-corrected chi connectivity index (χ3v) is 2.37. The van der Waals surface area contributed by atoms with Gasteiger partial charge in [-0.2, -0.15) is 8.42 Å². The lowest BCUT2D eigenvalue weighted by molar-refractivity contribution is 0.449. The lowest BCUT2D eigenvalue weighted by atomic mass is 10.5. The highest BCUT2D eigenvalue weighted by molar-refractivity contribution is 9.10. The van der Waals surface area contributed by atoms with Gasteiger partial charge in [-0.25, -0.2) is 9.37 Å². The molecule has 0 aliphatic carbocycles. The highest BCUT2D eigenvalue weighted by Crippen LogP contribution is 2.22. The van der Waals surface area contributed by atoms with Crippen molar-refractivity contribution < 1.29 is 17.0 Å². The smallest absolute Gasteiger partial charge is 0.339 e. The summed E-state index contributed by atoms with van der Waals surface area (Å²) < 4.78 is 37.8. The fraction of sp³-hybridized carbons (Fsp3) is 0.167. The molecule has 0 aromatic carbocycles. The molecule has 0 N–H and O–H groups in total. The number of nitrogens with zero attached hydrogens (tertiary/aromatic N) is 1. The largest absolute Gasteiger partial charge is 0.378 e. The Morgan fingerprint density at radius 2 is 2.31 bits per heavy atom. The molecule has 0 aliphatic rings. The fourth-order valence-corrected chi connectivity index (χ4v) is 1.48. The van der Waals surface area contributed by atoms with Crippen molar-refractivity contribution in [1.82, 2.24) is 4.98 Å². The molecule has 1 rings (SSSR count). The zero-order valence-electron chi connectivity index (χ0n) is 6.28. The van der Waals surface area contributed by atoms with Crippen LogP contribution in [0.25, 0.3) is 0 Å². The van der Waals surface area contributed by atoms with E-state index in [4.69, 9.17) is 0 Å². The summed E-state index contributed by atoms with van der Waals surface area (Å²) in [6, 6.07) is 1.28. The van der Waals surface area contributed by atoms with Crippen molar-refractivity contribution in [2.45, 2.75) is 0 Å². The van der Waals surface area contributed by atoms with Gasteiger partial charge in [0.25, 0.3) is 0 Å². The Hall–Kier alpha value is -0.690. The summed E-state index contributed by atoms with van der Waals surface area (Å²) >= 11 is 2.96. The fourth-order valence-electron chi connectivity index (χ4n) is 0.593. The van der Waals surface area contributed by atoms with E-state index in [0.717, 1.165) is 0 Å². The van der Waals surface area contributed by atoms with E-state index in [1.807, 2.05) is 0 Å².